The van der Waals surface area contributed by atoms with Crippen LogP contribution in [0.15, 0.2) is 48.5 Å². The van der Waals surface area contributed by atoms with E-state index in [4.69, 9.17) is 4.74 Å². The van der Waals surface area contributed by atoms with Gasteiger partial charge in [0.2, 0.25) is 0 Å². The van der Waals surface area contributed by atoms with E-state index >= 15 is 0 Å². The minimum atomic E-state index is -2.88. The summed E-state index contributed by atoms with van der Waals surface area (Å²) in [6, 6.07) is 13.1. The number of benzene rings is 2. The molecule has 7 heteroatoms. The molecule has 0 fully saturated rings. The SMILES string of the molecule is CN(Cc1ccc(OC(F)F)cc1)C(=O)C1Cc2ccccc2C(=O)O1. The Morgan fingerprint density at radius 3 is 2.62 bits per heavy atom. The van der Waals surface area contributed by atoms with Crippen molar-refractivity contribution < 1.29 is 27.8 Å². The number of halogens is 2. The lowest BCUT2D eigenvalue weighted by molar-refractivity contribution is -0.140. The third-order valence-electron chi connectivity index (χ3n) is 4.11. The third-order valence-corrected chi connectivity index (χ3v) is 4.11. The monoisotopic (exact) mass is 361 g/mol. The first kappa shape index (κ1) is 17.8. The molecular weight excluding hydrogens is 344 g/mol. The Hall–Kier alpha value is -2.96. The number of fused-ring (bicyclic) bond motifs is 1. The highest BCUT2D eigenvalue weighted by atomic mass is 19.3. The fraction of sp³-hybridized carbons (Fsp3) is 0.263. The average molecular weight is 361 g/mol. The molecule has 2 aromatic rings. The minimum Gasteiger partial charge on any atom is -0.448 e. The van der Waals surface area contributed by atoms with E-state index < -0.39 is 18.7 Å². The van der Waals surface area contributed by atoms with E-state index in [-0.39, 0.29) is 18.2 Å². The summed E-state index contributed by atoms with van der Waals surface area (Å²) in [4.78, 5) is 26.1. The minimum absolute atomic E-state index is 0.0514. The van der Waals surface area contributed by atoms with Crippen molar-refractivity contribution in [1.82, 2.24) is 4.90 Å². The first-order chi connectivity index (χ1) is 12.4. The number of ether oxygens (including phenoxy) is 2. The highest BCUT2D eigenvalue weighted by Crippen LogP contribution is 2.22. The van der Waals surface area contributed by atoms with Crippen LogP contribution in [0.1, 0.15) is 21.5 Å². The number of carbonyl (C=O) groups excluding carboxylic acids is 2. The summed E-state index contributed by atoms with van der Waals surface area (Å²) >= 11 is 0. The van der Waals surface area contributed by atoms with Crippen LogP contribution in [-0.2, 0) is 22.5 Å². The van der Waals surface area contributed by atoms with Gasteiger partial charge in [-0.3, -0.25) is 4.79 Å². The lowest BCUT2D eigenvalue weighted by Gasteiger charge is -2.27. The number of carbonyl (C=O) groups is 2. The second-order valence-electron chi connectivity index (χ2n) is 5.97. The van der Waals surface area contributed by atoms with Crippen LogP contribution in [0.4, 0.5) is 8.78 Å². The van der Waals surface area contributed by atoms with Gasteiger partial charge in [-0.05, 0) is 29.3 Å². The van der Waals surface area contributed by atoms with E-state index in [1.54, 1.807) is 37.4 Å². The highest BCUT2D eigenvalue weighted by molar-refractivity contribution is 5.95. The summed E-state index contributed by atoms with van der Waals surface area (Å²) in [6.45, 7) is -2.63. The van der Waals surface area contributed by atoms with Crippen LogP contribution in [0.2, 0.25) is 0 Å². The van der Waals surface area contributed by atoms with Crippen LogP contribution in [0.25, 0.3) is 0 Å². The fourth-order valence-corrected chi connectivity index (χ4v) is 2.84. The zero-order valence-corrected chi connectivity index (χ0v) is 14.0. The van der Waals surface area contributed by atoms with E-state index in [1.807, 2.05) is 6.07 Å². The van der Waals surface area contributed by atoms with Crippen molar-refractivity contribution in [3.63, 3.8) is 0 Å². The van der Waals surface area contributed by atoms with Gasteiger partial charge in [-0.25, -0.2) is 4.79 Å². The van der Waals surface area contributed by atoms with Gasteiger partial charge < -0.3 is 14.4 Å². The standard InChI is InChI=1S/C19H17F2NO4/c1-22(11-12-6-8-14(9-7-12)25-19(20)21)17(23)16-10-13-4-2-3-5-15(13)18(24)26-16/h2-9,16,19H,10-11H2,1H3. The number of amides is 1. The molecule has 1 aliphatic heterocycles. The highest BCUT2D eigenvalue weighted by Gasteiger charge is 2.32. The molecule has 0 radical (unpaired) electrons. The predicted octanol–water partition coefficient (Wildman–Crippen LogP) is 3.03. The number of esters is 1. The smallest absolute Gasteiger partial charge is 0.387 e. The van der Waals surface area contributed by atoms with Crippen LogP contribution in [0, 0.1) is 0 Å². The Morgan fingerprint density at radius 2 is 1.92 bits per heavy atom. The summed E-state index contributed by atoms with van der Waals surface area (Å²) in [7, 11) is 1.60. The molecule has 1 unspecified atom stereocenters. The molecule has 0 saturated heterocycles. The van der Waals surface area contributed by atoms with Gasteiger partial charge in [-0.2, -0.15) is 8.78 Å². The second kappa shape index (κ2) is 7.51. The molecular formula is C19H17F2NO4. The van der Waals surface area contributed by atoms with Gasteiger partial charge in [-0.1, -0.05) is 30.3 Å². The molecule has 1 amide bonds. The largest absolute Gasteiger partial charge is 0.448 e. The Balaban J connectivity index is 1.64. The van der Waals surface area contributed by atoms with Crippen LogP contribution in [0.5, 0.6) is 5.75 Å². The predicted molar refractivity (Wildman–Crippen MR) is 88.9 cm³/mol. The van der Waals surface area contributed by atoms with E-state index in [0.29, 0.717) is 12.0 Å². The van der Waals surface area contributed by atoms with E-state index in [0.717, 1.165) is 11.1 Å². The van der Waals surface area contributed by atoms with Crippen molar-refractivity contribution in [3.05, 3.63) is 65.2 Å². The molecule has 2 aromatic carbocycles. The van der Waals surface area contributed by atoms with Gasteiger partial charge in [0.05, 0.1) is 5.56 Å². The molecule has 0 aliphatic carbocycles. The van der Waals surface area contributed by atoms with Gasteiger partial charge in [0.15, 0.2) is 6.10 Å². The molecule has 5 nitrogen and oxygen atoms in total. The molecule has 3 rings (SSSR count). The Kier molecular flexibility index (Phi) is 5.16. The topological polar surface area (TPSA) is 55.8 Å². The summed E-state index contributed by atoms with van der Waals surface area (Å²) in [5, 5.41) is 0. The molecule has 1 aliphatic rings. The maximum absolute atomic E-state index is 12.6. The van der Waals surface area contributed by atoms with Crippen LogP contribution >= 0.6 is 0 Å². The number of rotatable bonds is 5. The number of hydrogen-bond acceptors (Lipinski definition) is 4. The molecule has 136 valence electrons. The van der Waals surface area contributed by atoms with Crippen molar-refractivity contribution in [2.24, 2.45) is 0 Å². The molecule has 0 spiro atoms. The van der Waals surface area contributed by atoms with Gasteiger partial charge in [0.1, 0.15) is 5.75 Å². The van der Waals surface area contributed by atoms with Gasteiger partial charge in [-0.15, -0.1) is 0 Å². The molecule has 1 heterocycles. The van der Waals surface area contributed by atoms with Gasteiger partial charge in [0.25, 0.3) is 5.91 Å². The number of alkyl halides is 2. The van der Waals surface area contributed by atoms with Crippen molar-refractivity contribution in [2.45, 2.75) is 25.7 Å². The molecule has 26 heavy (non-hydrogen) atoms. The fourth-order valence-electron chi connectivity index (χ4n) is 2.84. The molecule has 1 atom stereocenters. The van der Waals surface area contributed by atoms with Crippen LogP contribution in [0.3, 0.4) is 0 Å². The summed E-state index contributed by atoms with van der Waals surface area (Å²) < 4.78 is 33.9. The Morgan fingerprint density at radius 1 is 1.23 bits per heavy atom. The number of hydrogen-bond donors (Lipinski definition) is 0. The normalized spacial score (nSPS) is 16.0. The maximum Gasteiger partial charge on any atom is 0.387 e. The summed E-state index contributed by atoms with van der Waals surface area (Å²) in [6.07, 6.45) is -0.546. The number of cyclic esters (lactones) is 1. The zero-order chi connectivity index (χ0) is 18.7. The number of nitrogens with zero attached hydrogens (tertiary/aromatic N) is 1. The molecule has 0 saturated carbocycles. The van der Waals surface area contributed by atoms with Crippen LogP contribution in [-0.4, -0.2) is 36.5 Å². The second-order valence-corrected chi connectivity index (χ2v) is 5.97. The molecule has 0 bridgehead atoms. The van der Waals surface area contributed by atoms with Crippen molar-refractivity contribution in [3.8, 4) is 5.75 Å². The third kappa shape index (κ3) is 3.99. The number of likely N-dealkylation sites (N-methyl/N-ethyl adjacent to an activating group) is 1. The lowest BCUT2D eigenvalue weighted by Crippen LogP contribution is -2.42. The van der Waals surface area contributed by atoms with Gasteiger partial charge >= 0.3 is 12.6 Å². The molecule has 0 N–H and O–H groups in total. The quantitative estimate of drug-likeness (QED) is 0.768. The van der Waals surface area contributed by atoms with Crippen molar-refractivity contribution >= 4 is 11.9 Å². The Labute approximate surface area is 149 Å². The van der Waals surface area contributed by atoms with Crippen LogP contribution < -0.4 is 4.74 Å². The zero-order valence-electron chi connectivity index (χ0n) is 14.0. The lowest BCUT2D eigenvalue weighted by atomic mass is 9.98. The van der Waals surface area contributed by atoms with E-state index in [1.165, 1.54) is 17.0 Å². The molecule has 0 aromatic heterocycles. The maximum atomic E-state index is 12.6. The van der Waals surface area contributed by atoms with Gasteiger partial charge in [0, 0.05) is 20.0 Å². The summed E-state index contributed by atoms with van der Waals surface area (Å²) in [5.74, 6) is -0.775. The van der Waals surface area contributed by atoms with E-state index in [2.05, 4.69) is 4.74 Å². The van der Waals surface area contributed by atoms with Crippen molar-refractivity contribution in [2.75, 3.05) is 7.05 Å². The first-order valence-corrected chi connectivity index (χ1v) is 8.01. The first-order valence-electron chi connectivity index (χ1n) is 8.01. The summed E-state index contributed by atoms with van der Waals surface area (Å²) in [5.41, 5.74) is 2.00. The Bertz CT molecular complexity index is 807. The average Bonchev–Trinajstić information content (AvgIpc) is 2.62. The van der Waals surface area contributed by atoms with E-state index in [9.17, 15) is 18.4 Å². The van der Waals surface area contributed by atoms with Crippen molar-refractivity contribution in [1.29, 1.82) is 0 Å².